The molecule has 5 heteroatoms. The number of carbonyl (C=O) groups excluding carboxylic acids is 1. The van der Waals surface area contributed by atoms with Gasteiger partial charge >= 0.3 is 0 Å². The molecule has 2 aromatic carbocycles. The van der Waals surface area contributed by atoms with E-state index in [1.165, 1.54) is 12.1 Å². The van der Waals surface area contributed by atoms with Gasteiger partial charge in [0, 0.05) is 12.1 Å². The van der Waals surface area contributed by atoms with Crippen molar-refractivity contribution in [3.8, 4) is 5.75 Å². The number of amides is 1. The molecule has 0 radical (unpaired) electrons. The summed E-state index contributed by atoms with van der Waals surface area (Å²) < 4.78 is 18.8. The third kappa shape index (κ3) is 3.57. The van der Waals surface area contributed by atoms with Gasteiger partial charge in [-0.1, -0.05) is 12.1 Å². The van der Waals surface area contributed by atoms with Gasteiger partial charge in [-0.15, -0.1) is 0 Å². The standard InChI is InChI=1S/C15H13BrFNO2/c1-20-12-4-2-3-10(7-12)9-18-15(19)11-5-6-13(16)14(17)8-11/h2-8H,9H2,1H3,(H,18,19). The minimum absolute atomic E-state index is 0.286. The maximum Gasteiger partial charge on any atom is 0.251 e. The van der Waals surface area contributed by atoms with E-state index in [0.29, 0.717) is 11.0 Å². The molecule has 2 rings (SSSR count). The predicted octanol–water partition coefficient (Wildman–Crippen LogP) is 3.53. The SMILES string of the molecule is COc1cccc(CNC(=O)c2ccc(Br)c(F)c2)c1. The number of halogens is 2. The van der Waals surface area contributed by atoms with E-state index in [4.69, 9.17) is 4.74 Å². The molecular weight excluding hydrogens is 325 g/mol. The molecule has 0 aliphatic rings. The quantitative estimate of drug-likeness (QED) is 0.926. The lowest BCUT2D eigenvalue weighted by atomic mass is 10.2. The number of hydrogen-bond donors (Lipinski definition) is 1. The number of methoxy groups -OCH3 is 1. The van der Waals surface area contributed by atoms with E-state index in [1.54, 1.807) is 13.2 Å². The van der Waals surface area contributed by atoms with Crippen molar-refractivity contribution in [3.05, 3.63) is 63.9 Å². The van der Waals surface area contributed by atoms with Crippen LogP contribution in [0.25, 0.3) is 0 Å². The maximum atomic E-state index is 13.4. The minimum atomic E-state index is -0.459. The number of benzene rings is 2. The van der Waals surface area contributed by atoms with Crippen molar-refractivity contribution in [2.24, 2.45) is 0 Å². The third-order valence-corrected chi connectivity index (χ3v) is 3.41. The Morgan fingerprint density at radius 1 is 1.30 bits per heavy atom. The van der Waals surface area contributed by atoms with Gasteiger partial charge in [-0.25, -0.2) is 4.39 Å². The third-order valence-electron chi connectivity index (χ3n) is 2.77. The van der Waals surface area contributed by atoms with Gasteiger partial charge in [-0.2, -0.15) is 0 Å². The van der Waals surface area contributed by atoms with Gasteiger partial charge in [-0.3, -0.25) is 4.79 Å². The Kier molecular flexibility index (Phi) is 4.74. The summed E-state index contributed by atoms with van der Waals surface area (Å²) in [5, 5.41) is 2.74. The maximum absolute atomic E-state index is 13.4. The van der Waals surface area contributed by atoms with Crippen molar-refractivity contribution >= 4 is 21.8 Å². The molecule has 0 aromatic heterocycles. The molecule has 1 amide bonds. The number of hydrogen-bond acceptors (Lipinski definition) is 2. The Balaban J connectivity index is 2.02. The summed E-state index contributed by atoms with van der Waals surface area (Å²) in [5.74, 6) is -0.0512. The van der Waals surface area contributed by atoms with Crippen molar-refractivity contribution in [3.63, 3.8) is 0 Å². The second kappa shape index (κ2) is 6.52. The minimum Gasteiger partial charge on any atom is -0.497 e. The molecule has 0 heterocycles. The Labute approximate surface area is 124 Å². The number of carbonyl (C=O) groups is 1. The first-order valence-electron chi connectivity index (χ1n) is 5.96. The van der Waals surface area contributed by atoms with Crippen molar-refractivity contribution in [2.45, 2.75) is 6.54 Å². The van der Waals surface area contributed by atoms with Gasteiger partial charge < -0.3 is 10.1 Å². The normalized spacial score (nSPS) is 10.2. The molecule has 0 atom stereocenters. The molecule has 0 bridgehead atoms. The molecular formula is C15H13BrFNO2. The summed E-state index contributed by atoms with van der Waals surface area (Å²) in [6, 6.07) is 11.7. The van der Waals surface area contributed by atoms with Crippen LogP contribution >= 0.6 is 15.9 Å². The van der Waals surface area contributed by atoms with Crippen LogP contribution in [0.5, 0.6) is 5.75 Å². The Morgan fingerprint density at radius 3 is 2.80 bits per heavy atom. The highest BCUT2D eigenvalue weighted by molar-refractivity contribution is 9.10. The first-order chi connectivity index (χ1) is 9.60. The lowest BCUT2D eigenvalue weighted by Crippen LogP contribution is -2.22. The molecule has 0 saturated carbocycles. The smallest absolute Gasteiger partial charge is 0.251 e. The second-order valence-corrected chi connectivity index (χ2v) is 5.02. The monoisotopic (exact) mass is 337 g/mol. The van der Waals surface area contributed by atoms with E-state index < -0.39 is 5.82 Å². The van der Waals surface area contributed by atoms with Gasteiger partial charge in [0.25, 0.3) is 5.91 Å². The molecule has 20 heavy (non-hydrogen) atoms. The molecule has 104 valence electrons. The average molecular weight is 338 g/mol. The topological polar surface area (TPSA) is 38.3 Å². The van der Waals surface area contributed by atoms with E-state index in [1.807, 2.05) is 24.3 Å². The number of rotatable bonds is 4. The molecule has 1 N–H and O–H groups in total. The molecule has 3 nitrogen and oxygen atoms in total. The fourth-order valence-corrected chi connectivity index (χ4v) is 1.95. The van der Waals surface area contributed by atoms with Crippen LogP contribution in [0.2, 0.25) is 0 Å². The summed E-state index contributed by atoms with van der Waals surface area (Å²) >= 11 is 3.05. The van der Waals surface area contributed by atoms with Crippen molar-refractivity contribution in [1.82, 2.24) is 5.32 Å². The first kappa shape index (κ1) is 14.5. The average Bonchev–Trinajstić information content (AvgIpc) is 2.47. The van der Waals surface area contributed by atoms with E-state index in [9.17, 15) is 9.18 Å². The Hall–Kier alpha value is -1.88. The zero-order valence-electron chi connectivity index (χ0n) is 10.8. The Bertz CT molecular complexity index is 631. The fourth-order valence-electron chi connectivity index (χ4n) is 1.70. The van der Waals surface area contributed by atoms with Crippen LogP contribution in [-0.4, -0.2) is 13.0 Å². The van der Waals surface area contributed by atoms with Crippen LogP contribution in [0.1, 0.15) is 15.9 Å². The second-order valence-electron chi connectivity index (χ2n) is 4.16. The van der Waals surface area contributed by atoms with Crippen molar-refractivity contribution < 1.29 is 13.9 Å². The molecule has 0 spiro atoms. The summed E-state index contributed by atoms with van der Waals surface area (Å²) in [6.45, 7) is 0.355. The van der Waals surface area contributed by atoms with Crippen LogP contribution in [-0.2, 0) is 6.54 Å². The van der Waals surface area contributed by atoms with Gasteiger partial charge in [0.1, 0.15) is 11.6 Å². The molecule has 0 unspecified atom stereocenters. The van der Waals surface area contributed by atoms with Crippen LogP contribution in [0.15, 0.2) is 46.9 Å². The molecule has 0 saturated heterocycles. The Morgan fingerprint density at radius 2 is 2.10 bits per heavy atom. The molecule has 2 aromatic rings. The lowest BCUT2D eigenvalue weighted by molar-refractivity contribution is 0.0950. The fraction of sp³-hybridized carbons (Fsp3) is 0.133. The highest BCUT2D eigenvalue weighted by atomic mass is 79.9. The van der Waals surface area contributed by atoms with Gasteiger partial charge in [0.05, 0.1) is 11.6 Å². The zero-order chi connectivity index (χ0) is 14.5. The molecule has 0 aliphatic heterocycles. The van der Waals surface area contributed by atoms with Gasteiger partial charge in [-0.05, 0) is 51.8 Å². The summed E-state index contributed by atoms with van der Waals surface area (Å²) in [4.78, 5) is 11.9. The number of nitrogens with one attached hydrogen (secondary N) is 1. The molecule has 0 aliphatic carbocycles. The molecule has 0 fully saturated rings. The van der Waals surface area contributed by atoms with E-state index >= 15 is 0 Å². The summed E-state index contributed by atoms with van der Waals surface area (Å²) in [6.07, 6.45) is 0. The highest BCUT2D eigenvalue weighted by Gasteiger charge is 2.08. The van der Waals surface area contributed by atoms with E-state index in [2.05, 4.69) is 21.2 Å². The summed E-state index contributed by atoms with van der Waals surface area (Å²) in [5.41, 5.74) is 1.20. The summed E-state index contributed by atoms with van der Waals surface area (Å²) in [7, 11) is 1.59. The van der Waals surface area contributed by atoms with E-state index in [-0.39, 0.29) is 11.5 Å². The zero-order valence-corrected chi connectivity index (χ0v) is 12.4. The number of ether oxygens (including phenoxy) is 1. The lowest BCUT2D eigenvalue weighted by Gasteiger charge is -2.07. The van der Waals surface area contributed by atoms with Crippen LogP contribution in [0, 0.1) is 5.82 Å². The van der Waals surface area contributed by atoms with E-state index in [0.717, 1.165) is 11.3 Å². The van der Waals surface area contributed by atoms with Gasteiger partial charge in [0.15, 0.2) is 0 Å². The van der Waals surface area contributed by atoms with Crippen LogP contribution < -0.4 is 10.1 Å². The first-order valence-corrected chi connectivity index (χ1v) is 6.75. The largest absolute Gasteiger partial charge is 0.497 e. The van der Waals surface area contributed by atoms with Gasteiger partial charge in [0.2, 0.25) is 0 Å². The van der Waals surface area contributed by atoms with Crippen molar-refractivity contribution in [2.75, 3.05) is 7.11 Å². The van der Waals surface area contributed by atoms with Crippen LogP contribution in [0.4, 0.5) is 4.39 Å². The predicted molar refractivity (Wildman–Crippen MR) is 78.3 cm³/mol. The van der Waals surface area contributed by atoms with Crippen molar-refractivity contribution in [1.29, 1.82) is 0 Å². The van der Waals surface area contributed by atoms with Crippen LogP contribution in [0.3, 0.4) is 0 Å². The highest BCUT2D eigenvalue weighted by Crippen LogP contribution is 2.16.